The standard InChI is InChI=1S/C15H18N2O3S2/c1-9-5-10(2)14(11(3)6-9)22(19,20)17-16-15(18)13-7-12(4)21-8-13/h5-8,17H,1-4H3,(H,16,18). The molecule has 0 aliphatic rings. The van der Waals surface area contributed by atoms with E-state index in [2.05, 4.69) is 10.3 Å². The van der Waals surface area contributed by atoms with Crippen LogP contribution in [0.3, 0.4) is 0 Å². The Morgan fingerprint density at radius 2 is 1.64 bits per heavy atom. The third-order valence-corrected chi connectivity index (χ3v) is 5.58. The Kier molecular flexibility index (Phi) is 4.69. The number of aryl methyl sites for hydroxylation is 4. The highest BCUT2D eigenvalue weighted by Crippen LogP contribution is 2.21. The van der Waals surface area contributed by atoms with Crippen molar-refractivity contribution in [3.05, 3.63) is 50.7 Å². The lowest BCUT2D eigenvalue weighted by molar-refractivity contribution is 0.0945. The van der Waals surface area contributed by atoms with E-state index in [1.54, 1.807) is 37.4 Å². The zero-order valence-electron chi connectivity index (χ0n) is 12.9. The van der Waals surface area contributed by atoms with Crippen molar-refractivity contribution in [2.24, 2.45) is 0 Å². The quantitative estimate of drug-likeness (QED) is 0.842. The summed E-state index contributed by atoms with van der Waals surface area (Å²) in [5, 5.41) is 1.68. The molecule has 1 amide bonds. The molecule has 1 aromatic carbocycles. The molecule has 0 aliphatic heterocycles. The molecule has 2 rings (SSSR count). The number of hydrogen-bond donors (Lipinski definition) is 2. The number of sulfonamides is 1. The molecule has 7 heteroatoms. The maximum absolute atomic E-state index is 12.4. The first-order chi connectivity index (χ1) is 10.2. The van der Waals surface area contributed by atoms with Gasteiger partial charge in [0.15, 0.2) is 0 Å². The zero-order chi connectivity index (χ0) is 16.5. The molecule has 1 heterocycles. The van der Waals surface area contributed by atoms with Gasteiger partial charge < -0.3 is 0 Å². The Morgan fingerprint density at radius 3 is 2.14 bits per heavy atom. The number of rotatable bonds is 4. The minimum Gasteiger partial charge on any atom is -0.273 e. The summed E-state index contributed by atoms with van der Waals surface area (Å²) in [6, 6.07) is 5.30. The second-order valence-corrected chi connectivity index (χ2v) is 7.97. The number of carbonyl (C=O) groups is 1. The molecule has 118 valence electrons. The lowest BCUT2D eigenvalue weighted by Gasteiger charge is -2.13. The molecule has 2 aromatic rings. The van der Waals surface area contributed by atoms with Crippen LogP contribution in [0.1, 0.15) is 31.9 Å². The fourth-order valence-corrected chi connectivity index (χ4v) is 4.37. The molecule has 0 atom stereocenters. The summed E-state index contributed by atoms with van der Waals surface area (Å²) in [5.74, 6) is -0.477. The van der Waals surface area contributed by atoms with Crippen molar-refractivity contribution < 1.29 is 13.2 Å². The number of amides is 1. The number of hydrazine groups is 1. The van der Waals surface area contributed by atoms with E-state index in [4.69, 9.17) is 0 Å². The first-order valence-corrected chi connectivity index (χ1v) is 9.02. The largest absolute Gasteiger partial charge is 0.273 e. The maximum Gasteiger partial charge on any atom is 0.267 e. The van der Waals surface area contributed by atoms with Crippen LogP contribution in [0.2, 0.25) is 0 Å². The normalized spacial score (nSPS) is 11.5. The minimum absolute atomic E-state index is 0.194. The summed E-state index contributed by atoms with van der Waals surface area (Å²) >= 11 is 1.43. The summed E-state index contributed by atoms with van der Waals surface area (Å²) in [7, 11) is -3.81. The monoisotopic (exact) mass is 338 g/mol. The van der Waals surface area contributed by atoms with E-state index in [0.717, 1.165) is 10.4 Å². The summed E-state index contributed by atoms with van der Waals surface area (Å²) in [6.07, 6.45) is 0. The van der Waals surface area contributed by atoms with E-state index in [0.29, 0.717) is 16.7 Å². The van der Waals surface area contributed by atoms with Gasteiger partial charge in [0.05, 0.1) is 10.5 Å². The van der Waals surface area contributed by atoms with Gasteiger partial charge >= 0.3 is 0 Å². The van der Waals surface area contributed by atoms with Crippen LogP contribution in [0, 0.1) is 27.7 Å². The highest BCUT2D eigenvalue weighted by atomic mass is 32.2. The molecule has 0 aliphatic carbocycles. The Hall–Kier alpha value is -1.70. The molecule has 1 aromatic heterocycles. The molecular formula is C15H18N2O3S2. The fraction of sp³-hybridized carbons (Fsp3) is 0.267. The molecular weight excluding hydrogens is 320 g/mol. The summed E-state index contributed by atoms with van der Waals surface area (Å²) in [5.41, 5.74) is 4.96. The van der Waals surface area contributed by atoms with E-state index >= 15 is 0 Å². The average Bonchev–Trinajstić information content (AvgIpc) is 2.81. The van der Waals surface area contributed by atoms with Gasteiger partial charge in [0.1, 0.15) is 0 Å². The number of nitrogens with one attached hydrogen (secondary N) is 2. The Labute approximate surface area is 134 Å². The van der Waals surface area contributed by atoms with Gasteiger partial charge in [-0.05, 0) is 44.9 Å². The summed E-state index contributed by atoms with van der Waals surface area (Å²) < 4.78 is 24.8. The van der Waals surface area contributed by atoms with E-state index in [9.17, 15) is 13.2 Å². The number of hydrogen-bond acceptors (Lipinski definition) is 4. The van der Waals surface area contributed by atoms with Crippen LogP contribution >= 0.6 is 11.3 Å². The van der Waals surface area contributed by atoms with Crippen molar-refractivity contribution in [3.63, 3.8) is 0 Å². The van der Waals surface area contributed by atoms with Gasteiger partial charge in [-0.1, -0.05) is 17.7 Å². The molecule has 22 heavy (non-hydrogen) atoms. The SMILES string of the molecule is Cc1cc(C)c(S(=O)(=O)NNC(=O)c2csc(C)c2)c(C)c1. The first kappa shape index (κ1) is 16.7. The number of benzene rings is 1. The third kappa shape index (κ3) is 3.55. The van der Waals surface area contributed by atoms with Crippen molar-refractivity contribution in [1.29, 1.82) is 0 Å². The van der Waals surface area contributed by atoms with Gasteiger partial charge in [-0.25, -0.2) is 8.42 Å². The van der Waals surface area contributed by atoms with Crippen LogP contribution in [-0.2, 0) is 10.0 Å². The van der Waals surface area contributed by atoms with Crippen LogP contribution in [-0.4, -0.2) is 14.3 Å². The topological polar surface area (TPSA) is 75.3 Å². The second-order valence-electron chi connectivity index (χ2n) is 5.23. The zero-order valence-corrected chi connectivity index (χ0v) is 14.5. The van der Waals surface area contributed by atoms with Gasteiger partial charge in [0.2, 0.25) is 0 Å². The number of carbonyl (C=O) groups excluding carboxylic acids is 1. The molecule has 0 radical (unpaired) electrons. The van der Waals surface area contributed by atoms with Crippen LogP contribution in [0.4, 0.5) is 0 Å². The maximum atomic E-state index is 12.4. The summed E-state index contributed by atoms with van der Waals surface area (Å²) in [6.45, 7) is 7.26. The average molecular weight is 338 g/mol. The van der Waals surface area contributed by atoms with Gasteiger partial charge in [0.25, 0.3) is 15.9 Å². The molecule has 0 saturated heterocycles. The highest BCUT2D eigenvalue weighted by molar-refractivity contribution is 7.89. The Bertz CT molecular complexity index is 800. The lowest BCUT2D eigenvalue weighted by Crippen LogP contribution is -2.41. The molecule has 0 spiro atoms. The van der Waals surface area contributed by atoms with E-state index < -0.39 is 15.9 Å². The predicted octanol–water partition coefficient (Wildman–Crippen LogP) is 2.61. The molecule has 5 nitrogen and oxygen atoms in total. The van der Waals surface area contributed by atoms with Crippen LogP contribution in [0.5, 0.6) is 0 Å². The van der Waals surface area contributed by atoms with Crippen molar-refractivity contribution in [2.75, 3.05) is 0 Å². The molecule has 2 N–H and O–H groups in total. The predicted molar refractivity (Wildman–Crippen MR) is 87.5 cm³/mol. The minimum atomic E-state index is -3.81. The van der Waals surface area contributed by atoms with Gasteiger partial charge in [-0.15, -0.1) is 16.2 Å². The van der Waals surface area contributed by atoms with Crippen molar-refractivity contribution in [1.82, 2.24) is 10.3 Å². The van der Waals surface area contributed by atoms with Crippen molar-refractivity contribution >= 4 is 27.3 Å². The fourth-order valence-electron chi connectivity index (χ4n) is 2.39. The van der Waals surface area contributed by atoms with E-state index in [1.807, 2.05) is 13.8 Å². The van der Waals surface area contributed by atoms with Gasteiger partial charge in [0, 0.05) is 10.3 Å². The van der Waals surface area contributed by atoms with E-state index in [-0.39, 0.29) is 4.90 Å². The number of thiophene rings is 1. The lowest BCUT2D eigenvalue weighted by atomic mass is 10.1. The highest BCUT2D eigenvalue weighted by Gasteiger charge is 2.21. The van der Waals surface area contributed by atoms with E-state index in [1.165, 1.54) is 11.3 Å². The molecule has 0 bridgehead atoms. The van der Waals surface area contributed by atoms with Crippen molar-refractivity contribution in [3.8, 4) is 0 Å². The van der Waals surface area contributed by atoms with Crippen LogP contribution in [0.15, 0.2) is 28.5 Å². The molecule has 0 unspecified atom stereocenters. The Balaban J connectivity index is 2.20. The first-order valence-electron chi connectivity index (χ1n) is 6.66. The molecule has 0 saturated carbocycles. The Morgan fingerprint density at radius 1 is 1.05 bits per heavy atom. The van der Waals surface area contributed by atoms with Crippen LogP contribution < -0.4 is 10.3 Å². The van der Waals surface area contributed by atoms with Crippen LogP contribution in [0.25, 0.3) is 0 Å². The van der Waals surface area contributed by atoms with Crippen molar-refractivity contribution in [2.45, 2.75) is 32.6 Å². The molecule has 0 fully saturated rings. The van der Waals surface area contributed by atoms with Gasteiger partial charge in [-0.3, -0.25) is 10.2 Å². The van der Waals surface area contributed by atoms with Gasteiger partial charge in [-0.2, -0.15) is 0 Å². The smallest absolute Gasteiger partial charge is 0.267 e. The summed E-state index contributed by atoms with van der Waals surface area (Å²) in [4.78, 5) is 15.3. The third-order valence-electron chi connectivity index (χ3n) is 3.17. The second kappa shape index (κ2) is 6.20.